The minimum atomic E-state index is -1.18. The van der Waals surface area contributed by atoms with E-state index in [-0.39, 0.29) is 12.7 Å². The molecule has 28 heavy (non-hydrogen) atoms. The number of benzene rings is 1. The zero-order valence-corrected chi connectivity index (χ0v) is 18.7. The van der Waals surface area contributed by atoms with Crippen molar-refractivity contribution in [2.45, 2.75) is 51.9 Å². The van der Waals surface area contributed by atoms with Crippen molar-refractivity contribution in [3.8, 4) is 11.5 Å². The molecule has 2 aliphatic rings. The van der Waals surface area contributed by atoms with Gasteiger partial charge >= 0.3 is 0 Å². The maximum Gasteiger partial charge on any atom is 0.246 e. The first-order chi connectivity index (χ1) is 13.2. The Morgan fingerprint density at radius 1 is 1.14 bits per heavy atom. The third kappa shape index (κ3) is 5.74. The maximum atomic E-state index is 12.5. The molecule has 0 unspecified atom stereocenters. The Hall–Kier alpha value is -2.01. The molecule has 1 saturated heterocycles. The van der Waals surface area contributed by atoms with Crippen LogP contribution in [0.25, 0.3) is 6.08 Å². The van der Waals surface area contributed by atoms with Crippen molar-refractivity contribution in [1.29, 1.82) is 0 Å². The summed E-state index contributed by atoms with van der Waals surface area (Å²) < 4.78 is 10.7. The van der Waals surface area contributed by atoms with Crippen LogP contribution >= 0.6 is 0 Å². The molecule has 1 aromatic rings. The number of amides is 1. The fourth-order valence-corrected chi connectivity index (χ4v) is 7.34. The Labute approximate surface area is 170 Å². The van der Waals surface area contributed by atoms with Gasteiger partial charge in [0.15, 0.2) is 11.5 Å². The highest BCUT2D eigenvalue weighted by atomic mass is 28.3. The molecular weight excluding hydrogens is 366 g/mol. The summed E-state index contributed by atoms with van der Waals surface area (Å²) in [4.78, 5) is 14.5. The first kappa shape index (κ1) is 20.7. The molecule has 0 spiro atoms. The van der Waals surface area contributed by atoms with Crippen LogP contribution in [0.5, 0.6) is 11.5 Å². The number of rotatable bonds is 5. The molecule has 5 heteroatoms. The number of carbonyl (C=O) groups is 1. The van der Waals surface area contributed by atoms with Gasteiger partial charge in [-0.05, 0) is 35.2 Å². The van der Waals surface area contributed by atoms with Crippen molar-refractivity contribution in [2.75, 3.05) is 19.9 Å². The molecule has 2 aliphatic heterocycles. The maximum absolute atomic E-state index is 12.5. The summed E-state index contributed by atoms with van der Waals surface area (Å²) in [5, 5.41) is 0. The molecule has 0 radical (unpaired) electrons. The number of hydrogen-bond donors (Lipinski definition) is 0. The van der Waals surface area contributed by atoms with E-state index >= 15 is 0 Å². The van der Waals surface area contributed by atoms with E-state index in [1.54, 1.807) is 6.08 Å². The molecular formula is C23H33NO3Si. The lowest BCUT2D eigenvalue weighted by atomic mass is 9.94. The van der Waals surface area contributed by atoms with E-state index in [2.05, 4.69) is 27.3 Å². The van der Waals surface area contributed by atoms with Crippen molar-refractivity contribution in [2.24, 2.45) is 5.41 Å². The molecule has 0 bridgehead atoms. The van der Waals surface area contributed by atoms with Gasteiger partial charge in [0, 0.05) is 19.2 Å². The fraction of sp³-hybridized carbons (Fsp3) is 0.522. The average Bonchev–Trinajstić information content (AvgIpc) is 3.11. The number of ether oxygens (including phenoxy) is 2. The fourth-order valence-electron chi connectivity index (χ4n) is 3.62. The van der Waals surface area contributed by atoms with Gasteiger partial charge in [-0.3, -0.25) is 4.79 Å². The van der Waals surface area contributed by atoms with Crippen LogP contribution in [0.4, 0.5) is 0 Å². The highest BCUT2D eigenvalue weighted by molar-refractivity contribution is 6.79. The quantitative estimate of drug-likeness (QED) is 0.381. The van der Waals surface area contributed by atoms with E-state index in [4.69, 9.17) is 9.47 Å². The minimum Gasteiger partial charge on any atom is -0.454 e. The molecule has 0 atom stereocenters. The van der Waals surface area contributed by atoms with Crippen molar-refractivity contribution >= 4 is 20.1 Å². The van der Waals surface area contributed by atoms with Crippen LogP contribution in [0.3, 0.4) is 0 Å². The summed E-state index contributed by atoms with van der Waals surface area (Å²) in [5.74, 6) is 1.68. The number of carbonyl (C=O) groups excluding carboxylic acids is 1. The van der Waals surface area contributed by atoms with E-state index in [0.29, 0.717) is 5.41 Å². The van der Waals surface area contributed by atoms with Gasteiger partial charge in [-0.1, -0.05) is 64.1 Å². The predicted molar refractivity (Wildman–Crippen MR) is 117 cm³/mol. The SMILES string of the molecule is CC(C)(C)CC[Si]1(C)CCN(C(=O)C=CC=Cc2ccc3c(c2)OCO3)CC1. The number of nitrogens with zero attached hydrogens (tertiary/aromatic N) is 1. The zero-order chi connectivity index (χ0) is 20.2. The van der Waals surface area contributed by atoms with Crippen molar-refractivity contribution in [3.63, 3.8) is 0 Å². The monoisotopic (exact) mass is 399 g/mol. The lowest BCUT2D eigenvalue weighted by molar-refractivity contribution is -0.125. The van der Waals surface area contributed by atoms with Gasteiger partial charge in [-0.25, -0.2) is 0 Å². The minimum absolute atomic E-state index is 0.127. The number of fused-ring (bicyclic) bond motifs is 1. The second-order valence-corrected chi connectivity index (χ2v) is 14.6. The average molecular weight is 400 g/mol. The number of allylic oxidation sites excluding steroid dienone is 2. The molecule has 4 nitrogen and oxygen atoms in total. The summed E-state index contributed by atoms with van der Waals surface area (Å²) in [6.07, 6.45) is 8.69. The predicted octanol–water partition coefficient (Wildman–Crippen LogP) is 5.34. The lowest BCUT2D eigenvalue weighted by Gasteiger charge is -2.39. The standard InChI is InChI=1S/C23H33NO3Si/c1-23(2,3)11-14-28(4)15-12-24(13-16-28)22(25)8-6-5-7-19-9-10-20-21(17-19)27-18-26-20/h5-10,17H,11-16,18H2,1-4H3. The number of hydrogen-bond acceptors (Lipinski definition) is 3. The van der Waals surface area contributed by atoms with Crippen molar-refractivity contribution in [1.82, 2.24) is 4.90 Å². The van der Waals surface area contributed by atoms with Gasteiger partial charge in [-0.2, -0.15) is 0 Å². The van der Waals surface area contributed by atoms with E-state index in [1.807, 2.05) is 41.3 Å². The van der Waals surface area contributed by atoms with Crippen LogP contribution in [0.15, 0.2) is 36.4 Å². The second-order valence-electron chi connectivity index (χ2n) is 9.53. The van der Waals surface area contributed by atoms with Crippen molar-refractivity contribution < 1.29 is 14.3 Å². The normalized spacial score (nSPS) is 18.9. The molecule has 0 saturated carbocycles. The lowest BCUT2D eigenvalue weighted by Crippen LogP contribution is -2.46. The Balaban J connectivity index is 1.46. The van der Waals surface area contributed by atoms with Gasteiger partial charge in [0.1, 0.15) is 0 Å². The second kappa shape index (κ2) is 8.56. The Morgan fingerprint density at radius 2 is 1.86 bits per heavy atom. The van der Waals surface area contributed by atoms with E-state index < -0.39 is 8.07 Å². The summed E-state index contributed by atoms with van der Waals surface area (Å²) in [6, 6.07) is 9.68. The third-order valence-electron chi connectivity index (χ3n) is 5.80. The first-order valence-corrected chi connectivity index (χ1v) is 13.4. The smallest absolute Gasteiger partial charge is 0.246 e. The van der Waals surface area contributed by atoms with Crippen molar-refractivity contribution in [3.05, 3.63) is 42.0 Å². The molecule has 0 aromatic heterocycles. The zero-order valence-electron chi connectivity index (χ0n) is 17.7. The molecule has 3 rings (SSSR count). The van der Waals surface area contributed by atoms with Crippen LogP contribution in [0, 0.1) is 5.41 Å². The Bertz CT molecular complexity index is 756. The first-order valence-electron chi connectivity index (χ1n) is 10.3. The van der Waals surface area contributed by atoms with Crippen LogP contribution < -0.4 is 9.47 Å². The molecule has 0 aliphatic carbocycles. The van der Waals surface area contributed by atoms with E-state index in [0.717, 1.165) is 30.2 Å². The summed E-state index contributed by atoms with van der Waals surface area (Å²) in [7, 11) is -1.18. The van der Waals surface area contributed by atoms with Gasteiger partial charge in [0.25, 0.3) is 0 Å². The molecule has 1 amide bonds. The Morgan fingerprint density at radius 3 is 2.57 bits per heavy atom. The third-order valence-corrected chi connectivity index (χ3v) is 10.1. The van der Waals surface area contributed by atoms with Crippen LogP contribution in [-0.4, -0.2) is 38.8 Å². The van der Waals surface area contributed by atoms with Gasteiger partial charge in [0.2, 0.25) is 12.7 Å². The molecule has 0 N–H and O–H groups in total. The summed E-state index contributed by atoms with van der Waals surface area (Å²) >= 11 is 0. The molecule has 1 aromatic carbocycles. The highest BCUT2D eigenvalue weighted by Gasteiger charge is 2.33. The van der Waals surface area contributed by atoms with Crippen LogP contribution in [0.2, 0.25) is 24.7 Å². The van der Waals surface area contributed by atoms with Crippen LogP contribution in [0.1, 0.15) is 32.8 Å². The summed E-state index contributed by atoms with van der Waals surface area (Å²) in [5.41, 5.74) is 1.44. The van der Waals surface area contributed by atoms with E-state index in [1.165, 1.54) is 24.6 Å². The van der Waals surface area contributed by atoms with E-state index in [9.17, 15) is 4.79 Å². The van der Waals surface area contributed by atoms with Crippen LogP contribution in [-0.2, 0) is 4.79 Å². The van der Waals surface area contributed by atoms with Gasteiger partial charge < -0.3 is 14.4 Å². The molecule has 152 valence electrons. The summed E-state index contributed by atoms with van der Waals surface area (Å²) in [6.45, 7) is 11.6. The van der Waals surface area contributed by atoms with Gasteiger partial charge in [0.05, 0.1) is 8.07 Å². The Kier molecular flexibility index (Phi) is 6.33. The topological polar surface area (TPSA) is 38.8 Å². The molecule has 2 heterocycles. The largest absolute Gasteiger partial charge is 0.454 e. The van der Waals surface area contributed by atoms with Gasteiger partial charge in [-0.15, -0.1) is 0 Å². The molecule has 1 fully saturated rings. The highest BCUT2D eigenvalue weighted by Crippen LogP contribution is 2.33.